The standard InChI is InChI=1S/C13H13F13O2/c1-5(2)28-7(27)4-6(3)8(14,15)9(16,17)10(18,19)11(20,21)12(22,23)13(24,25)26/h5-6H,4H2,1-3H3. The highest BCUT2D eigenvalue weighted by atomic mass is 19.4. The van der Waals surface area contributed by atoms with Crippen LogP contribution < -0.4 is 0 Å². The zero-order chi connectivity index (χ0) is 23.1. The summed E-state index contributed by atoms with van der Waals surface area (Å²) >= 11 is 0. The number of hydrogen-bond donors (Lipinski definition) is 0. The van der Waals surface area contributed by atoms with Crippen molar-refractivity contribution < 1.29 is 66.6 Å². The van der Waals surface area contributed by atoms with Crippen molar-refractivity contribution in [3.05, 3.63) is 0 Å². The number of esters is 1. The van der Waals surface area contributed by atoms with E-state index in [9.17, 15) is 61.9 Å². The van der Waals surface area contributed by atoms with Gasteiger partial charge in [0.15, 0.2) is 0 Å². The first-order chi connectivity index (χ1) is 12.0. The zero-order valence-corrected chi connectivity index (χ0v) is 14.1. The van der Waals surface area contributed by atoms with Crippen LogP contribution in [0, 0.1) is 5.92 Å². The fourth-order valence-corrected chi connectivity index (χ4v) is 1.78. The topological polar surface area (TPSA) is 26.3 Å². The number of carbonyl (C=O) groups is 1. The number of ether oxygens (including phenoxy) is 1. The SMILES string of the molecule is CC(C)OC(=O)CC(C)C(F)(F)C(F)(F)C(F)(F)C(F)(F)C(F)(F)C(F)(F)F. The van der Waals surface area contributed by atoms with Crippen LogP contribution in [0.5, 0.6) is 0 Å². The van der Waals surface area contributed by atoms with Crippen molar-refractivity contribution in [2.24, 2.45) is 5.92 Å². The minimum absolute atomic E-state index is 0.00831. The van der Waals surface area contributed by atoms with Crippen LogP contribution in [0.25, 0.3) is 0 Å². The fourth-order valence-electron chi connectivity index (χ4n) is 1.78. The van der Waals surface area contributed by atoms with Crippen molar-refractivity contribution in [2.45, 2.75) is 69.1 Å². The third-order valence-corrected chi connectivity index (χ3v) is 3.42. The summed E-state index contributed by atoms with van der Waals surface area (Å²) < 4.78 is 173. The van der Waals surface area contributed by atoms with Crippen LogP contribution in [-0.2, 0) is 9.53 Å². The van der Waals surface area contributed by atoms with E-state index in [1.54, 1.807) is 0 Å². The van der Waals surface area contributed by atoms with Crippen LogP contribution in [0.15, 0.2) is 0 Å². The second kappa shape index (κ2) is 7.43. The molecule has 1 atom stereocenters. The molecule has 2 nitrogen and oxygen atoms in total. The average molecular weight is 448 g/mol. The lowest BCUT2D eigenvalue weighted by molar-refractivity contribution is -0.442. The highest BCUT2D eigenvalue weighted by Crippen LogP contribution is 2.61. The molecule has 0 aromatic rings. The van der Waals surface area contributed by atoms with Crippen LogP contribution in [0.2, 0.25) is 0 Å². The van der Waals surface area contributed by atoms with Gasteiger partial charge in [-0.1, -0.05) is 6.92 Å². The van der Waals surface area contributed by atoms with Gasteiger partial charge in [-0.25, -0.2) is 0 Å². The van der Waals surface area contributed by atoms with E-state index < -0.39 is 60.2 Å². The second-order valence-electron chi connectivity index (χ2n) is 6.06. The van der Waals surface area contributed by atoms with Crippen molar-refractivity contribution in [3.63, 3.8) is 0 Å². The van der Waals surface area contributed by atoms with E-state index in [0.29, 0.717) is 0 Å². The Hall–Kier alpha value is -1.44. The highest BCUT2D eigenvalue weighted by molar-refractivity contribution is 5.70. The largest absolute Gasteiger partial charge is 0.463 e. The van der Waals surface area contributed by atoms with Gasteiger partial charge in [-0.2, -0.15) is 57.1 Å². The molecule has 0 heterocycles. The van der Waals surface area contributed by atoms with Gasteiger partial charge in [-0.15, -0.1) is 0 Å². The molecule has 0 aromatic heterocycles. The van der Waals surface area contributed by atoms with Crippen LogP contribution in [0.3, 0.4) is 0 Å². The van der Waals surface area contributed by atoms with Crippen LogP contribution in [0.1, 0.15) is 27.2 Å². The van der Waals surface area contributed by atoms with Gasteiger partial charge >= 0.3 is 41.8 Å². The Morgan fingerprint density at radius 1 is 0.679 bits per heavy atom. The normalized spacial score (nSPS) is 16.3. The molecule has 168 valence electrons. The van der Waals surface area contributed by atoms with E-state index in [0.717, 1.165) is 0 Å². The van der Waals surface area contributed by atoms with Crippen molar-refractivity contribution in [1.82, 2.24) is 0 Å². The number of hydrogen-bond acceptors (Lipinski definition) is 2. The number of carbonyl (C=O) groups excluding carboxylic acids is 1. The molecule has 0 amide bonds. The molecular weight excluding hydrogens is 435 g/mol. The first-order valence-electron chi connectivity index (χ1n) is 7.13. The van der Waals surface area contributed by atoms with Crippen LogP contribution in [0.4, 0.5) is 57.1 Å². The van der Waals surface area contributed by atoms with Gasteiger partial charge in [-0.05, 0) is 13.8 Å². The molecule has 0 radical (unpaired) electrons. The first kappa shape index (κ1) is 26.6. The highest BCUT2D eigenvalue weighted by Gasteiger charge is 2.91. The molecule has 0 aliphatic rings. The summed E-state index contributed by atoms with van der Waals surface area (Å²) in [7, 11) is 0. The maximum atomic E-state index is 13.7. The Labute approximate surface area is 149 Å². The van der Waals surface area contributed by atoms with E-state index in [2.05, 4.69) is 4.74 Å². The van der Waals surface area contributed by atoms with Gasteiger partial charge in [0.1, 0.15) is 0 Å². The second-order valence-corrected chi connectivity index (χ2v) is 6.06. The maximum Gasteiger partial charge on any atom is 0.460 e. The molecule has 28 heavy (non-hydrogen) atoms. The first-order valence-corrected chi connectivity index (χ1v) is 7.13. The summed E-state index contributed by atoms with van der Waals surface area (Å²) in [6, 6.07) is 0. The van der Waals surface area contributed by atoms with Gasteiger partial charge < -0.3 is 4.74 Å². The summed E-state index contributed by atoms with van der Waals surface area (Å²) in [6.07, 6.45) is -10.2. The summed E-state index contributed by atoms with van der Waals surface area (Å²) in [4.78, 5) is 11.2. The number of alkyl halides is 13. The Morgan fingerprint density at radius 2 is 1.04 bits per heavy atom. The quantitative estimate of drug-likeness (QED) is 0.352. The fraction of sp³-hybridized carbons (Fsp3) is 0.923. The molecule has 0 saturated heterocycles. The predicted molar refractivity (Wildman–Crippen MR) is 65.8 cm³/mol. The Kier molecular flexibility index (Phi) is 7.05. The lowest BCUT2D eigenvalue weighted by Crippen LogP contribution is -2.70. The van der Waals surface area contributed by atoms with E-state index in [4.69, 9.17) is 0 Å². The molecule has 0 bridgehead atoms. The van der Waals surface area contributed by atoms with Crippen LogP contribution >= 0.6 is 0 Å². The van der Waals surface area contributed by atoms with Crippen molar-refractivity contribution in [1.29, 1.82) is 0 Å². The van der Waals surface area contributed by atoms with E-state index >= 15 is 0 Å². The summed E-state index contributed by atoms with van der Waals surface area (Å²) in [6.45, 7) is 2.33. The summed E-state index contributed by atoms with van der Waals surface area (Å²) in [5.41, 5.74) is 0. The minimum Gasteiger partial charge on any atom is -0.463 e. The van der Waals surface area contributed by atoms with E-state index in [-0.39, 0.29) is 6.92 Å². The average Bonchev–Trinajstić information content (AvgIpc) is 2.43. The zero-order valence-electron chi connectivity index (χ0n) is 14.1. The molecule has 0 spiro atoms. The molecule has 0 rings (SSSR count). The predicted octanol–water partition coefficient (Wildman–Crippen LogP) is 5.70. The lowest BCUT2D eigenvalue weighted by atomic mass is 9.87. The van der Waals surface area contributed by atoms with Gasteiger partial charge in [0.05, 0.1) is 12.5 Å². The molecule has 15 heteroatoms. The van der Waals surface area contributed by atoms with Crippen molar-refractivity contribution >= 4 is 5.97 Å². The van der Waals surface area contributed by atoms with Gasteiger partial charge in [0, 0.05) is 5.92 Å². The molecule has 0 N–H and O–H groups in total. The molecule has 0 aromatic carbocycles. The van der Waals surface area contributed by atoms with Crippen molar-refractivity contribution in [2.75, 3.05) is 0 Å². The van der Waals surface area contributed by atoms with Gasteiger partial charge in [0.25, 0.3) is 0 Å². The van der Waals surface area contributed by atoms with E-state index in [1.807, 2.05) is 0 Å². The monoisotopic (exact) mass is 448 g/mol. The lowest BCUT2D eigenvalue weighted by Gasteiger charge is -2.41. The van der Waals surface area contributed by atoms with Crippen molar-refractivity contribution in [3.8, 4) is 0 Å². The van der Waals surface area contributed by atoms with Gasteiger partial charge in [-0.3, -0.25) is 4.79 Å². The molecule has 0 aliphatic heterocycles. The molecule has 0 saturated carbocycles. The van der Waals surface area contributed by atoms with E-state index in [1.165, 1.54) is 13.8 Å². The number of halogens is 13. The Bertz CT molecular complexity index is 565. The van der Waals surface area contributed by atoms with Crippen LogP contribution in [-0.4, -0.2) is 47.9 Å². The van der Waals surface area contributed by atoms with Gasteiger partial charge in [0.2, 0.25) is 0 Å². The number of rotatable bonds is 8. The molecule has 1 unspecified atom stereocenters. The summed E-state index contributed by atoms with van der Waals surface area (Å²) in [5, 5.41) is 0. The Balaban J connectivity index is 6.07. The third kappa shape index (κ3) is 4.11. The third-order valence-electron chi connectivity index (χ3n) is 3.42. The molecular formula is C13H13F13O2. The smallest absolute Gasteiger partial charge is 0.460 e. The summed E-state index contributed by atoms with van der Waals surface area (Å²) in [5.74, 6) is -42.2. The molecule has 0 aliphatic carbocycles. The minimum atomic E-state index is -7.96. The Morgan fingerprint density at radius 3 is 1.36 bits per heavy atom. The maximum absolute atomic E-state index is 13.7. The molecule has 0 fully saturated rings.